The lowest BCUT2D eigenvalue weighted by atomic mass is 10.1. The van der Waals surface area contributed by atoms with Crippen LogP contribution in [0.15, 0.2) is 29.2 Å². The Balaban J connectivity index is 1.94. The van der Waals surface area contributed by atoms with E-state index in [1.807, 2.05) is 12.1 Å². The molecule has 1 aliphatic rings. The van der Waals surface area contributed by atoms with Gasteiger partial charge in [-0.2, -0.15) is 0 Å². The van der Waals surface area contributed by atoms with Crippen molar-refractivity contribution in [1.82, 2.24) is 0 Å². The fraction of sp³-hybridized carbons (Fsp3) is 0.571. The Bertz CT molecular complexity index is 520. The lowest BCUT2D eigenvalue weighted by molar-refractivity contribution is 0.0422. The average molecular weight is 298 g/mol. The average Bonchev–Trinajstić information content (AvgIpc) is 2.45. The first-order valence-corrected chi connectivity index (χ1v) is 8.76. The third kappa shape index (κ3) is 3.94. The van der Waals surface area contributed by atoms with E-state index < -0.39 is 9.84 Å². The van der Waals surface area contributed by atoms with Gasteiger partial charge in [-0.05, 0) is 37.1 Å². The molecule has 0 unspecified atom stereocenters. The number of sulfone groups is 1. The summed E-state index contributed by atoms with van der Waals surface area (Å²) < 4.78 is 28.5. The molecule has 112 valence electrons. The first-order chi connectivity index (χ1) is 9.50. The number of nitrogens with two attached hydrogens (primary N) is 1. The second-order valence-corrected chi connectivity index (χ2v) is 7.13. The van der Waals surface area contributed by atoms with Gasteiger partial charge in [-0.25, -0.2) is 8.42 Å². The van der Waals surface area contributed by atoms with E-state index in [1.54, 1.807) is 12.1 Å². The van der Waals surface area contributed by atoms with E-state index in [-0.39, 0.29) is 0 Å². The van der Waals surface area contributed by atoms with Crippen molar-refractivity contribution in [2.75, 3.05) is 37.4 Å². The van der Waals surface area contributed by atoms with Crippen LogP contribution in [0, 0.1) is 0 Å². The Kier molecular flexibility index (Phi) is 5.01. The molecule has 1 saturated heterocycles. The van der Waals surface area contributed by atoms with Crippen LogP contribution in [0.25, 0.3) is 0 Å². The van der Waals surface area contributed by atoms with Crippen molar-refractivity contribution in [2.45, 2.75) is 23.8 Å². The first kappa shape index (κ1) is 15.3. The number of rotatable bonds is 5. The normalized spacial score (nSPS) is 17.4. The lowest BCUT2D eigenvalue weighted by Gasteiger charge is -2.33. The molecular formula is C14H22N2O3S. The van der Waals surface area contributed by atoms with Gasteiger partial charge in [-0.3, -0.25) is 0 Å². The number of piperidine rings is 1. The van der Waals surface area contributed by atoms with Crippen molar-refractivity contribution in [3.63, 3.8) is 0 Å². The number of ether oxygens (including phenoxy) is 1. The molecule has 2 N–H and O–H groups in total. The van der Waals surface area contributed by atoms with Crippen molar-refractivity contribution in [2.24, 2.45) is 5.73 Å². The fourth-order valence-electron chi connectivity index (χ4n) is 2.42. The topological polar surface area (TPSA) is 72.6 Å². The molecule has 6 heteroatoms. The van der Waals surface area contributed by atoms with Gasteiger partial charge in [0.2, 0.25) is 0 Å². The van der Waals surface area contributed by atoms with E-state index >= 15 is 0 Å². The third-order valence-electron chi connectivity index (χ3n) is 3.54. The van der Waals surface area contributed by atoms with Gasteiger partial charge in [0.05, 0.1) is 17.6 Å². The number of anilines is 1. The van der Waals surface area contributed by atoms with Gasteiger partial charge in [-0.15, -0.1) is 0 Å². The van der Waals surface area contributed by atoms with Crippen molar-refractivity contribution in [1.29, 1.82) is 0 Å². The molecule has 1 fully saturated rings. The minimum Gasteiger partial charge on any atom is -0.377 e. The molecule has 0 amide bonds. The molecule has 0 spiro atoms. The summed E-state index contributed by atoms with van der Waals surface area (Å²) in [6, 6.07) is 7.08. The highest BCUT2D eigenvalue weighted by atomic mass is 32.2. The van der Waals surface area contributed by atoms with Crippen molar-refractivity contribution >= 4 is 15.5 Å². The molecule has 20 heavy (non-hydrogen) atoms. The molecule has 1 heterocycles. The molecule has 0 bridgehead atoms. The molecule has 1 aromatic rings. The van der Waals surface area contributed by atoms with Crippen LogP contribution in [0.2, 0.25) is 0 Å². The Labute approximate surface area is 120 Å². The summed E-state index contributed by atoms with van der Waals surface area (Å²) in [5.74, 6) is 0. The molecule has 0 atom stereocenters. The molecule has 1 aliphatic heterocycles. The Hall–Kier alpha value is -1.11. The molecule has 0 saturated carbocycles. The number of hydrogen-bond donors (Lipinski definition) is 1. The lowest BCUT2D eigenvalue weighted by Crippen LogP contribution is -2.37. The smallest absolute Gasteiger partial charge is 0.175 e. The van der Waals surface area contributed by atoms with Crippen LogP contribution < -0.4 is 10.6 Å². The van der Waals surface area contributed by atoms with E-state index in [1.165, 1.54) is 6.26 Å². The molecule has 2 rings (SSSR count). The summed E-state index contributed by atoms with van der Waals surface area (Å²) >= 11 is 0. The third-order valence-corrected chi connectivity index (χ3v) is 4.67. The van der Waals surface area contributed by atoms with Crippen LogP contribution in [0.4, 0.5) is 5.69 Å². The quantitative estimate of drug-likeness (QED) is 0.879. The van der Waals surface area contributed by atoms with Crippen LogP contribution in [-0.4, -0.2) is 47.0 Å². The Morgan fingerprint density at radius 3 is 2.35 bits per heavy atom. The van der Waals surface area contributed by atoms with Crippen LogP contribution in [0.3, 0.4) is 0 Å². The van der Waals surface area contributed by atoms with Crippen LogP contribution in [-0.2, 0) is 14.6 Å². The van der Waals surface area contributed by atoms with E-state index in [4.69, 9.17) is 10.5 Å². The standard InChI is InChI=1S/C14H22N2O3S/c1-20(17,18)14-4-2-12(3-5-14)16-9-6-13(7-10-16)19-11-8-15/h2-5,13H,6-11,15H2,1H3. The molecular weight excluding hydrogens is 276 g/mol. The predicted octanol–water partition coefficient (Wildman–Crippen LogP) is 1.03. The van der Waals surface area contributed by atoms with Gasteiger partial charge in [-0.1, -0.05) is 0 Å². The summed E-state index contributed by atoms with van der Waals surface area (Å²) in [5, 5.41) is 0. The summed E-state index contributed by atoms with van der Waals surface area (Å²) in [7, 11) is -3.12. The van der Waals surface area contributed by atoms with Crippen LogP contribution >= 0.6 is 0 Å². The van der Waals surface area contributed by atoms with Crippen molar-refractivity contribution in [3.05, 3.63) is 24.3 Å². The van der Waals surface area contributed by atoms with Gasteiger partial charge >= 0.3 is 0 Å². The summed E-state index contributed by atoms with van der Waals surface area (Å²) in [6.07, 6.45) is 3.48. The molecule has 0 aromatic heterocycles. The maximum atomic E-state index is 11.4. The Morgan fingerprint density at radius 1 is 1.25 bits per heavy atom. The SMILES string of the molecule is CS(=O)(=O)c1ccc(N2CCC(OCCN)CC2)cc1. The highest BCUT2D eigenvalue weighted by Gasteiger charge is 2.20. The minimum absolute atomic E-state index is 0.296. The number of nitrogens with zero attached hydrogens (tertiary/aromatic N) is 1. The van der Waals surface area contributed by atoms with Crippen LogP contribution in [0.1, 0.15) is 12.8 Å². The number of hydrogen-bond acceptors (Lipinski definition) is 5. The molecule has 0 radical (unpaired) electrons. The van der Waals surface area contributed by atoms with Gasteiger partial charge in [0.15, 0.2) is 9.84 Å². The van der Waals surface area contributed by atoms with Gasteiger partial charge in [0.1, 0.15) is 0 Å². The molecule has 0 aliphatic carbocycles. The zero-order valence-electron chi connectivity index (χ0n) is 11.8. The van der Waals surface area contributed by atoms with Crippen LogP contribution in [0.5, 0.6) is 0 Å². The van der Waals surface area contributed by atoms with Gasteiger partial charge in [0.25, 0.3) is 0 Å². The zero-order valence-corrected chi connectivity index (χ0v) is 12.6. The highest BCUT2D eigenvalue weighted by molar-refractivity contribution is 7.90. The maximum Gasteiger partial charge on any atom is 0.175 e. The maximum absolute atomic E-state index is 11.4. The van der Waals surface area contributed by atoms with E-state index in [9.17, 15) is 8.42 Å². The summed E-state index contributed by atoms with van der Waals surface area (Å²) in [4.78, 5) is 2.62. The second-order valence-electron chi connectivity index (χ2n) is 5.11. The molecule has 1 aromatic carbocycles. The van der Waals surface area contributed by atoms with Crippen molar-refractivity contribution in [3.8, 4) is 0 Å². The van der Waals surface area contributed by atoms with E-state index in [0.29, 0.717) is 24.2 Å². The Morgan fingerprint density at radius 2 is 1.85 bits per heavy atom. The molecule has 5 nitrogen and oxygen atoms in total. The largest absolute Gasteiger partial charge is 0.377 e. The first-order valence-electron chi connectivity index (χ1n) is 6.87. The fourth-order valence-corrected chi connectivity index (χ4v) is 3.05. The number of benzene rings is 1. The van der Waals surface area contributed by atoms with Crippen molar-refractivity contribution < 1.29 is 13.2 Å². The van der Waals surface area contributed by atoms with Gasteiger partial charge < -0.3 is 15.4 Å². The summed E-state index contributed by atoms with van der Waals surface area (Å²) in [6.45, 7) is 3.03. The second kappa shape index (κ2) is 6.56. The highest BCUT2D eigenvalue weighted by Crippen LogP contribution is 2.23. The van der Waals surface area contributed by atoms with E-state index in [2.05, 4.69) is 4.90 Å². The summed E-state index contributed by atoms with van der Waals surface area (Å²) in [5.41, 5.74) is 6.49. The minimum atomic E-state index is -3.12. The monoisotopic (exact) mass is 298 g/mol. The predicted molar refractivity (Wildman–Crippen MR) is 79.8 cm³/mol. The van der Waals surface area contributed by atoms with E-state index in [0.717, 1.165) is 31.6 Å². The zero-order chi connectivity index (χ0) is 14.6. The van der Waals surface area contributed by atoms with Gasteiger partial charge in [0, 0.05) is 31.6 Å².